The average molecular weight is 404 g/mol. The molecule has 0 N–H and O–H groups in total. The van der Waals surface area contributed by atoms with E-state index in [1.165, 1.54) is 4.90 Å². The van der Waals surface area contributed by atoms with E-state index in [4.69, 9.17) is 4.74 Å². The van der Waals surface area contributed by atoms with Crippen molar-refractivity contribution in [1.82, 2.24) is 9.80 Å². The molecule has 30 heavy (non-hydrogen) atoms. The summed E-state index contributed by atoms with van der Waals surface area (Å²) in [7, 11) is 0. The molecule has 0 saturated carbocycles. The maximum atomic E-state index is 13.5. The number of benzene rings is 2. The Morgan fingerprint density at radius 3 is 2.13 bits per heavy atom. The van der Waals surface area contributed by atoms with Crippen LogP contribution in [0.4, 0.5) is 0 Å². The molecule has 0 aromatic heterocycles. The lowest BCUT2D eigenvalue weighted by Crippen LogP contribution is -2.53. The maximum absolute atomic E-state index is 13.5. The van der Waals surface area contributed by atoms with Crippen molar-refractivity contribution in [3.8, 4) is 0 Å². The summed E-state index contributed by atoms with van der Waals surface area (Å²) in [5.41, 5.74) is 1.53. The first-order valence-electron chi connectivity index (χ1n) is 10.1. The van der Waals surface area contributed by atoms with Crippen LogP contribution in [-0.2, 0) is 20.7 Å². The molecule has 3 amide bonds. The zero-order valence-corrected chi connectivity index (χ0v) is 16.2. The first-order chi connectivity index (χ1) is 14.6. The fraction of sp³-hybridized carbons (Fsp3) is 0.304. The van der Waals surface area contributed by atoms with Gasteiger partial charge in [0.05, 0.1) is 11.1 Å². The van der Waals surface area contributed by atoms with Crippen molar-refractivity contribution >= 4 is 23.7 Å². The zero-order chi connectivity index (χ0) is 20.8. The van der Waals surface area contributed by atoms with Gasteiger partial charge < -0.3 is 4.74 Å². The molecule has 5 rings (SSSR count). The van der Waals surface area contributed by atoms with Crippen LogP contribution in [0.1, 0.15) is 45.5 Å². The Hall–Kier alpha value is -3.48. The normalized spacial score (nSPS) is 25.8. The van der Waals surface area contributed by atoms with Crippen LogP contribution >= 0.6 is 0 Å². The van der Waals surface area contributed by atoms with Crippen LogP contribution in [0, 0.1) is 0 Å². The van der Waals surface area contributed by atoms with E-state index < -0.39 is 42.0 Å². The minimum atomic E-state index is -0.935. The summed E-state index contributed by atoms with van der Waals surface area (Å²) in [6.07, 6.45) is 1.08. The molecule has 2 saturated heterocycles. The summed E-state index contributed by atoms with van der Waals surface area (Å²) in [5, 5.41) is 0. The lowest BCUT2D eigenvalue weighted by Gasteiger charge is -2.30. The Morgan fingerprint density at radius 1 is 0.833 bits per heavy atom. The molecular formula is C23H20N2O5. The average Bonchev–Trinajstić information content (AvgIpc) is 3.13. The van der Waals surface area contributed by atoms with Gasteiger partial charge in [0.2, 0.25) is 5.91 Å². The minimum absolute atomic E-state index is 0.311. The topological polar surface area (TPSA) is 84.0 Å². The summed E-state index contributed by atoms with van der Waals surface area (Å²) < 4.78 is 5.50. The van der Waals surface area contributed by atoms with Gasteiger partial charge in [0.25, 0.3) is 11.8 Å². The van der Waals surface area contributed by atoms with Gasteiger partial charge in [0, 0.05) is 12.8 Å². The van der Waals surface area contributed by atoms with Crippen LogP contribution in [0.5, 0.6) is 0 Å². The van der Waals surface area contributed by atoms with E-state index in [9.17, 15) is 19.2 Å². The van der Waals surface area contributed by atoms with E-state index in [1.807, 2.05) is 30.3 Å². The predicted octanol–water partition coefficient (Wildman–Crippen LogP) is 2.16. The molecule has 0 spiro atoms. The Balaban J connectivity index is 1.47. The Morgan fingerprint density at radius 2 is 1.47 bits per heavy atom. The Kier molecular flexibility index (Phi) is 4.38. The standard InChI is InChI=1S/C23H20N2O5/c26-20-15-9-4-5-10-16(15)21(27)25(20)17-11-6-12-19-24(22(17)28)18(23(29)30-19)13-14-7-2-1-3-8-14/h1-5,7-10,17-19H,6,11-13H2/t17?,18-,19-/m1/s1. The van der Waals surface area contributed by atoms with Gasteiger partial charge in [-0.3, -0.25) is 24.2 Å². The highest BCUT2D eigenvalue weighted by Gasteiger charge is 2.52. The van der Waals surface area contributed by atoms with E-state index in [0.717, 1.165) is 10.5 Å². The minimum Gasteiger partial charge on any atom is -0.440 e. The Bertz CT molecular complexity index is 1020. The third kappa shape index (κ3) is 2.81. The van der Waals surface area contributed by atoms with Crippen molar-refractivity contribution in [3.05, 3.63) is 71.3 Å². The van der Waals surface area contributed by atoms with Crippen molar-refractivity contribution in [3.63, 3.8) is 0 Å². The van der Waals surface area contributed by atoms with Crippen molar-refractivity contribution in [2.75, 3.05) is 0 Å². The number of rotatable bonds is 3. The van der Waals surface area contributed by atoms with Crippen molar-refractivity contribution < 1.29 is 23.9 Å². The molecule has 0 bridgehead atoms. The molecule has 0 aliphatic carbocycles. The highest BCUT2D eigenvalue weighted by atomic mass is 16.6. The lowest BCUT2D eigenvalue weighted by molar-refractivity contribution is -0.143. The van der Waals surface area contributed by atoms with Crippen LogP contribution in [0.2, 0.25) is 0 Å². The largest absolute Gasteiger partial charge is 0.440 e. The maximum Gasteiger partial charge on any atom is 0.331 e. The molecule has 7 nitrogen and oxygen atoms in total. The summed E-state index contributed by atoms with van der Waals surface area (Å²) in [6, 6.07) is 14.3. The van der Waals surface area contributed by atoms with Gasteiger partial charge in [-0.05, 0) is 30.5 Å². The monoisotopic (exact) mass is 404 g/mol. The number of amides is 3. The number of esters is 1. The van der Waals surface area contributed by atoms with Crippen molar-refractivity contribution in [2.24, 2.45) is 0 Å². The van der Waals surface area contributed by atoms with Crippen LogP contribution < -0.4 is 0 Å². The number of fused-ring (bicyclic) bond motifs is 2. The smallest absolute Gasteiger partial charge is 0.331 e. The molecule has 152 valence electrons. The number of carbonyl (C=O) groups is 4. The van der Waals surface area contributed by atoms with Gasteiger partial charge in [-0.25, -0.2) is 4.79 Å². The number of carbonyl (C=O) groups excluding carboxylic acids is 4. The number of hydrogen-bond acceptors (Lipinski definition) is 5. The highest BCUT2D eigenvalue weighted by Crippen LogP contribution is 2.34. The second-order valence-corrected chi connectivity index (χ2v) is 7.82. The molecule has 7 heteroatoms. The molecule has 3 atom stereocenters. The zero-order valence-electron chi connectivity index (χ0n) is 16.2. The SMILES string of the molecule is O=C1O[C@@H]2CCCC(N3C(=O)c4ccccc4C3=O)C(=O)N2[C@@H]1Cc1ccccc1. The predicted molar refractivity (Wildman–Crippen MR) is 105 cm³/mol. The van der Waals surface area contributed by atoms with Gasteiger partial charge in [-0.1, -0.05) is 42.5 Å². The van der Waals surface area contributed by atoms with Crippen molar-refractivity contribution in [2.45, 2.75) is 44.0 Å². The first-order valence-corrected chi connectivity index (χ1v) is 10.1. The van der Waals surface area contributed by atoms with Crippen LogP contribution in [0.25, 0.3) is 0 Å². The van der Waals surface area contributed by atoms with Crippen LogP contribution in [0.3, 0.4) is 0 Å². The quantitative estimate of drug-likeness (QED) is 0.578. The second-order valence-electron chi connectivity index (χ2n) is 7.82. The number of hydrogen-bond donors (Lipinski definition) is 0. The second kappa shape index (κ2) is 7.09. The van der Waals surface area contributed by atoms with Gasteiger partial charge in [-0.15, -0.1) is 0 Å². The van der Waals surface area contributed by atoms with E-state index in [1.54, 1.807) is 24.3 Å². The summed E-state index contributed by atoms with van der Waals surface area (Å²) in [4.78, 5) is 54.5. The molecule has 2 aromatic rings. The molecule has 3 heterocycles. The molecular weight excluding hydrogens is 384 g/mol. The van der Waals surface area contributed by atoms with Gasteiger partial charge in [-0.2, -0.15) is 0 Å². The molecule has 0 radical (unpaired) electrons. The number of nitrogens with zero attached hydrogens (tertiary/aromatic N) is 2. The fourth-order valence-electron chi connectivity index (χ4n) is 4.61. The number of imide groups is 1. The van der Waals surface area contributed by atoms with E-state index in [-0.39, 0.29) is 0 Å². The van der Waals surface area contributed by atoms with E-state index in [2.05, 4.69) is 0 Å². The van der Waals surface area contributed by atoms with E-state index in [0.29, 0.717) is 36.8 Å². The van der Waals surface area contributed by atoms with Gasteiger partial charge >= 0.3 is 5.97 Å². The third-order valence-electron chi connectivity index (χ3n) is 6.05. The summed E-state index contributed by atoms with van der Waals surface area (Å²) >= 11 is 0. The van der Waals surface area contributed by atoms with E-state index >= 15 is 0 Å². The fourth-order valence-corrected chi connectivity index (χ4v) is 4.61. The van der Waals surface area contributed by atoms with Crippen molar-refractivity contribution in [1.29, 1.82) is 0 Å². The molecule has 2 aromatic carbocycles. The van der Waals surface area contributed by atoms with Crippen LogP contribution in [0.15, 0.2) is 54.6 Å². The Labute approximate surface area is 173 Å². The number of ether oxygens (including phenoxy) is 1. The summed E-state index contributed by atoms with van der Waals surface area (Å²) in [6.45, 7) is 0. The first kappa shape index (κ1) is 18.5. The van der Waals surface area contributed by atoms with Crippen LogP contribution in [-0.4, -0.2) is 51.8 Å². The summed E-state index contributed by atoms with van der Waals surface area (Å²) in [5.74, 6) is -1.77. The third-order valence-corrected chi connectivity index (χ3v) is 6.05. The van der Waals surface area contributed by atoms with Gasteiger partial charge in [0.1, 0.15) is 12.1 Å². The highest BCUT2D eigenvalue weighted by molar-refractivity contribution is 6.23. The molecule has 3 aliphatic heterocycles. The molecule has 1 unspecified atom stereocenters. The molecule has 3 aliphatic rings. The van der Waals surface area contributed by atoms with Gasteiger partial charge in [0.15, 0.2) is 6.23 Å². The molecule has 2 fully saturated rings. The lowest BCUT2D eigenvalue weighted by atomic mass is 10.0.